The first-order valence-corrected chi connectivity index (χ1v) is 10.5. The number of piperidine rings is 1. The summed E-state index contributed by atoms with van der Waals surface area (Å²) >= 11 is 0. The van der Waals surface area contributed by atoms with Crippen molar-refractivity contribution in [1.29, 1.82) is 0 Å². The third-order valence-corrected chi connectivity index (χ3v) is 7.22. The fraction of sp³-hybridized carbons (Fsp3) is 0.611. The largest absolute Gasteiger partial charge is 0.336 e. The molecular formula is C18H28ClN3O3S. The maximum absolute atomic E-state index is 12.7. The van der Waals surface area contributed by atoms with Crippen LogP contribution in [-0.4, -0.2) is 55.8 Å². The van der Waals surface area contributed by atoms with Crippen molar-refractivity contribution in [1.82, 2.24) is 9.21 Å². The summed E-state index contributed by atoms with van der Waals surface area (Å²) in [6, 6.07) is 6.53. The molecule has 2 aliphatic heterocycles. The van der Waals surface area contributed by atoms with Gasteiger partial charge >= 0.3 is 0 Å². The molecule has 2 fully saturated rings. The monoisotopic (exact) mass is 401 g/mol. The van der Waals surface area contributed by atoms with Crippen molar-refractivity contribution >= 4 is 28.3 Å². The van der Waals surface area contributed by atoms with Crippen LogP contribution < -0.4 is 5.73 Å². The van der Waals surface area contributed by atoms with Crippen molar-refractivity contribution in [3.05, 3.63) is 29.8 Å². The number of amides is 1. The number of likely N-dealkylation sites (tertiary alicyclic amines) is 1. The van der Waals surface area contributed by atoms with Gasteiger partial charge in [-0.25, -0.2) is 8.42 Å². The Bertz CT molecular complexity index is 718. The average Bonchev–Trinajstić information content (AvgIpc) is 3.03. The lowest BCUT2D eigenvalue weighted by Gasteiger charge is -2.26. The van der Waals surface area contributed by atoms with Gasteiger partial charge in [0.25, 0.3) is 5.91 Å². The normalized spacial score (nSPS) is 24.3. The highest BCUT2D eigenvalue weighted by Crippen LogP contribution is 2.25. The molecule has 1 aromatic carbocycles. The first-order valence-electron chi connectivity index (χ1n) is 9.04. The molecule has 0 spiro atoms. The van der Waals surface area contributed by atoms with Crippen LogP contribution in [0.15, 0.2) is 29.2 Å². The molecule has 1 amide bonds. The van der Waals surface area contributed by atoms with Gasteiger partial charge in [0, 0.05) is 31.2 Å². The van der Waals surface area contributed by atoms with Crippen LogP contribution in [0.4, 0.5) is 0 Å². The number of carbonyl (C=O) groups is 1. The molecule has 2 atom stereocenters. The first-order chi connectivity index (χ1) is 11.9. The van der Waals surface area contributed by atoms with E-state index in [1.54, 1.807) is 28.6 Å². The molecular weight excluding hydrogens is 374 g/mol. The Kier molecular flexibility index (Phi) is 7.07. The molecule has 146 valence electrons. The third kappa shape index (κ3) is 4.22. The maximum atomic E-state index is 12.7. The number of halogens is 1. The fourth-order valence-electron chi connectivity index (χ4n) is 3.79. The van der Waals surface area contributed by atoms with Crippen LogP contribution in [0.3, 0.4) is 0 Å². The topological polar surface area (TPSA) is 83.7 Å². The van der Waals surface area contributed by atoms with Crippen LogP contribution in [0.5, 0.6) is 0 Å². The number of nitrogens with two attached hydrogens (primary N) is 1. The molecule has 0 aliphatic carbocycles. The molecule has 1 aromatic rings. The molecule has 0 radical (unpaired) electrons. The molecule has 6 nitrogen and oxygen atoms in total. The summed E-state index contributed by atoms with van der Waals surface area (Å²) < 4.78 is 26.9. The van der Waals surface area contributed by atoms with E-state index in [4.69, 9.17) is 5.73 Å². The van der Waals surface area contributed by atoms with Gasteiger partial charge in [-0.05, 0) is 62.9 Å². The van der Waals surface area contributed by atoms with E-state index in [9.17, 15) is 13.2 Å². The molecule has 2 N–H and O–H groups in total. The smallest absolute Gasteiger partial charge is 0.254 e. The number of rotatable bonds is 4. The van der Waals surface area contributed by atoms with E-state index in [1.807, 2.05) is 11.8 Å². The van der Waals surface area contributed by atoms with Gasteiger partial charge in [-0.1, -0.05) is 6.42 Å². The fourth-order valence-corrected chi connectivity index (χ4v) is 5.30. The van der Waals surface area contributed by atoms with Crippen LogP contribution in [0.25, 0.3) is 0 Å². The number of hydrogen-bond acceptors (Lipinski definition) is 4. The van der Waals surface area contributed by atoms with Crippen molar-refractivity contribution < 1.29 is 13.2 Å². The number of hydrogen-bond donors (Lipinski definition) is 1. The van der Waals surface area contributed by atoms with Gasteiger partial charge in [0.05, 0.1) is 4.90 Å². The molecule has 2 heterocycles. The maximum Gasteiger partial charge on any atom is 0.254 e. The zero-order valence-electron chi connectivity index (χ0n) is 15.1. The lowest BCUT2D eigenvalue weighted by Crippen LogP contribution is -2.36. The Balaban J connectivity index is 0.00000243. The summed E-state index contributed by atoms with van der Waals surface area (Å²) in [6.07, 6.45) is 3.82. The molecule has 0 saturated carbocycles. The summed E-state index contributed by atoms with van der Waals surface area (Å²) in [4.78, 5) is 14.8. The van der Waals surface area contributed by atoms with Gasteiger partial charge < -0.3 is 10.6 Å². The van der Waals surface area contributed by atoms with Crippen LogP contribution in [-0.2, 0) is 10.0 Å². The summed E-state index contributed by atoms with van der Waals surface area (Å²) in [5.41, 5.74) is 6.26. The molecule has 8 heteroatoms. The van der Waals surface area contributed by atoms with Crippen LogP contribution in [0.1, 0.15) is 43.0 Å². The number of carbonyl (C=O) groups excluding carboxylic acids is 1. The van der Waals surface area contributed by atoms with Crippen molar-refractivity contribution in [3.8, 4) is 0 Å². The van der Waals surface area contributed by atoms with Crippen molar-refractivity contribution in [2.45, 2.75) is 43.5 Å². The Hall–Kier alpha value is -1.15. The average molecular weight is 402 g/mol. The quantitative estimate of drug-likeness (QED) is 0.837. The molecule has 26 heavy (non-hydrogen) atoms. The number of sulfonamides is 1. The van der Waals surface area contributed by atoms with Crippen LogP contribution >= 0.6 is 12.4 Å². The highest BCUT2D eigenvalue weighted by molar-refractivity contribution is 7.89. The summed E-state index contributed by atoms with van der Waals surface area (Å²) in [6.45, 7) is 4.44. The number of benzene rings is 1. The van der Waals surface area contributed by atoms with Gasteiger partial charge in [-0.3, -0.25) is 4.79 Å². The van der Waals surface area contributed by atoms with Crippen molar-refractivity contribution in [2.75, 3.05) is 26.2 Å². The molecule has 0 bridgehead atoms. The van der Waals surface area contributed by atoms with Crippen LogP contribution in [0, 0.1) is 5.92 Å². The first kappa shape index (κ1) is 21.2. The van der Waals surface area contributed by atoms with E-state index in [2.05, 4.69) is 0 Å². The second-order valence-corrected chi connectivity index (χ2v) is 9.07. The molecule has 3 rings (SSSR count). The van der Waals surface area contributed by atoms with Gasteiger partial charge in [0.2, 0.25) is 10.0 Å². The number of nitrogens with zero attached hydrogens (tertiary/aromatic N) is 2. The molecule has 0 aromatic heterocycles. The highest BCUT2D eigenvalue weighted by atomic mass is 35.5. The summed E-state index contributed by atoms with van der Waals surface area (Å²) in [5.74, 6) is 0.295. The lowest BCUT2D eigenvalue weighted by atomic mass is 10.1. The molecule has 2 saturated heterocycles. The minimum absolute atomic E-state index is 0. The SMILES string of the molecule is CC1CC(CN)CN1C(=O)c1ccc(S(=O)(=O)N2CCCCC2)cc1.Cl. The standard InChI is InChI=1S/C18H27N3O3S.ClH/c1-14-11-15(12-19)13-21(14)18(22)16-5-7-17(8-6-16)25(23,24)20-9-3-2-4-10-20;/h5-8,14-15H,2-4,9-13,19H2,1H3;1H. The van der Waals surface area contributed by atoms with E-state index >= 15 is 0 Å². The summed E-state index contributed by atoms with van der Waals surface area (Å²) in [5, 5.41) is 0. The van der Waals surface area contributed by atoms with E-state index in [1.165, 1.54) is 0 Å². The van der Waals surface area contributed by atoms with Crippen molar-refractivity contribution in [3.63, 3.8) is 0 Å². The Morgan fingerprint density at radius 1 is 1.15 bits per heavy atom. The highest BCUT2D eigenvalue weighted by Gasteiger charge is 2.32. The Labute approximate surface area is 162 Å². The van der Waals surface area contributed by atoms with Gasteiger partial charge in [0.1, 0.15) is 0 Å². The zero-order chi connectivity index (χ0) is 18.0. The predicted octanol–water partition coefficient (Wildman–Crippen LogP) is 2.09. The zero-order valence-corrected chi connectivity index (χ0v) is 16.8. The Morgan fingerprint density at radius 2 is 1.77 bits per heavy atom. The predicted molar refractivity (Wildman–Crippen MR) is 104 cm³/mol. The van der Waals surface area contributed by atoms with E-state index < -0.39 is 10.0 Å². The van der Waals surface area contributed by atoms with Crippen LogP contribution in [0.2, 0.25) is 0 Å². The second-order valence-electron chi connectivity index (χ2n) is 7.13. The molecule has 2 unspecified atom stereocenters. The summed E-state index contributed by atoms with van der Waals surface area (Å²) in [7, 11) is -3.46. The second kappa shape index (κ2) is 8.69. The third-order valence-electron chi connectivity index (χ3n) is 5.31. The van der Waals surface area contributed by atoms with Crippen molar-refractivity contribution in [2.24, 2.45) is 11.7 Å². The van der Waals surface area contributed by atoms with E-state index in [-0.39, 0.29) is 29.3 Å². The Morgan fingerprint density at radius 3 is 2.31 bits per heavy atom. The minimum Gasteiger partial charge on any atom is -0.336 e. The lowest BCUT2D eigenvalue weighted by molar-refractivity contribution is 0.0743. The van der Waals surface area contributed by atoms with Gasteiger partial charge in [-0.2, -0.15) is 4.31 Å². The minimum atomic E-state index is -3.46. The molecule has 2 aliphatic rings. The van der Waals surface area contributed by atoms with E-state index in [0.29, 0.717) is 37.7 Å². The van der Waals surface area contributed by atoms with Gasteiger partial charge in [0.15, 0.2) is 0 Å². The van der Waals surface area contributed by atoms with E-state index in [0.717, 1.165) is 25.7 Å². The van der Waals surface area contributed by atoms with Gasteiger partial charge in [-0.15, -0.1) is 12.4 Å².